The van der Waals surface area contributed by atoms with Crippen molar-refractivity contribution in [2.24, 2.45) is 0 Å². The smallest absolute Gasteiger partial charge is 0.410 e. The maximum absolute atomic E-state index is 11.6. The molecule has 3 heteroatoms. The Labute approximate surface area is 100 Å². The second-order valence-corrected chi connectivity index (χ2v) is 3.70. The summed E-state index contributed by atoms with van der Waals surface area (Å²) in [6.07, 6.45) is -0.484. The van der Waals surface area contributed by atoms with Crippen LogP contribution in [0, 0.1) is 6.92 Å². The van der Waals surface area contributed by atoms with Gasteiger partial charge in [0.25, 0.3) is 0 Å². The number of aryl methyl sites for hydroxylation is 1. The lowest BCUT2D eigenvalue weighted by atomic mass is 10.2. The lowest BCUT2D eigenvalue weighted by molar-refractivity contribution is 0.215. The normalized spacial score (nSPS) is 9.71. The van der Waals surface area contributed by atoms with Crippen LogP contribution in [0.25, 0.3) is 0 Å². The zero-order valence-corrected chi connectivity index (χ0v) is 9.51. The van der Waals surface area contributed by atoms with Crippen LogP contribution in [0.1, 0.15) is 5.56 Å². The monoisotopic (exact) mass is 227 g/mol. The molecule has 0 aliphatic heterocycles. The minimum Gasteiger partial charge on any atom is -0.410 e. The Morgan fingerprint density at radius 3 is 2.53 bits per heavy atom. The molecule has 0 saturated heterocycles. The number of para-hydroxylation sites is 1. The molecule has 0 bridgehead atoms. The Kier molecular flexibility index (Phi) is 3.40. The first-order valence-corrected chi connectivity index (χ1v) is 5.34. The van der Waals surface area contributed by atoms with Gasteiger partial charge in [-0.25, -0.2) is 4.79 Å². The van der Waals surface area contributed by atoms with Crippen LogP contribution < -0.4 is 10.1 Å². The number of ether oxygens (including phenoxy) is 1. The summed E-state index contributed by atoms with van der Waals surface area (Å²) in [4.78, 5) is 11.6. The molecule has 0 spiro atoms. The molecule has 0 aromatic heterocycles. The summed E-state index contributed by atoms with van der Waals surface area (Å²) in [6, 6.07) is 16.5. The molecular weight excluding hydrogens is 214 g/mol. The number of nitrogens with one attached hydrogen (secondary N) is 1. The molecule has 0 unspecified atom stereocenters. The van der Waals surface area contributed by atoms with E-state index in [9.17, 15) is 4.79 Å². The van der Waals surface area contributed by atoms with Gasteiger partial charge in [-0.2, -0.15) is 0 Å². The Morgan fingerprint density at radius 2 is 1.82 bits per heavy atom. The van der Waals surface area contributed by atoms with Gasteiger partial charge in [-0.3, -0.25) is 5.32 Å². The van der Waals surface area contributed by atoms with E-state index in [1.165, 1.54) is 0 Å². The Morgan fingerprint density at radius 1 is 1.06 bits per heavy atom. The van der Waals surface area contributed by atoms with Gasteiger partial charge in [0.1, 0.15) is 5.75 Å². The molecule has 86 valence electrons. The number of anilines is 1. The Hall–Kier alpha value is -2.29. The van der Waals surface area contributed by atoms with Crippen LogP contribution in [-0.2, 0) is 0 Å². The fourth-order valence-electron chi connectivity index (χ4n) is 1.46. The van der Waals surface area contributed by atoms with Crippen LogP contribution in [0.5, 0.6) is 5.75 Å². The van der Waals surface area contributed by atoms with Crippen LogP contribution in [0.3, 0.4) is 0 Å². The molecule has 0 atom stereocenters. The third kappa shape index (κ3) is 3.34. The molecule has 3 nitrogen and oxygen atoms in total. The van der Waals surface area contributed by atoms with Gasteiger partial charge in [0.05, 0.1) is 0 Å². The van der Waals surface area contributed by atoms with Crippen molar-refractivity contribution in [3.63, 3.8) is 0 Å². The summed E-state index contributed by atoms with van der Waals surface area (Å²) in [5, 5.41) is 2.67. The molecule has 0 aliphatic carbocycles. The summed E-state index contributed by atoms with van der Waals surface area (Å²) in [7, 11) is 0. The van der Waals surface area contributed by atoms with E-state index in [1.54, 1.807) is 12.1 Å². The Balaban J connectivity index is 1.98. The molecule has 0 aliphatic rings. The summed E-state index contributed by atoms with van der Waals surface area (Å²) in [5.41, 5.74) is 1.81. The molecule has 2 aromatic rings. The largest absolute Gasteiger partial charge is 0.417 e. The van der Waals surface area contributed by atoms with Gasteiger partial charge in [-0.15, -0.1) is 0 Å². The van der Waals surface area contributed by atoms with E-state index in [-0.39, 0.29) is 0 Å². The highest BCUT2D eigenvalue weighted by molar-refractivity contribution is 5.86. The van der Waals surface area contributed by atoms with E-state index in [0.29, 0.717) is 5.75 Å². The zero-order chi connectivity index (χ0) is 12.1. The first kappa shape index (κ1) is 11.2. The van der Waals surface area contributed by atoms with E-state index >= 15 is 0 Å². The van der Waals surface area contributed by atoms with Gasteiger partial charge in [-0.1, -0.05) is 30.3 Å². The molecule has 1 N–H and O–H groups in total. The summed E-state index contributed by atoms with van der Waals surface area (Å²) < 4.78 is 5.11. The van der Waals surface area contributed by atoms with Crippen molar-refractivity contribution in [1.29, 1.82) is 0 Å². The molecule has 0 heterocycles. The number of hydrogen-bond donors (Lipinski definition) is 1. The van der Waals surface area contributed by atoms with Gasteiger partial charge in [0.2, 0.25) is 0 Å². The van der Waals surface area contributed by atoms with E-state index in [0.717, 1.165) is 11.3 Å². The van der Waals surface area contributed by atoms with Gasteiger partial charge < -0.3 is 4.74 Å². The highest BCUT2D eigenvalue weighted by Crippen LogP contribution is 2.12. The van der Waals surface area contributed by atoms with E-state index in [2.05, 4.69) is 5.32 Å². The number of carbonyl (C=O) groups is 1. The fraction of sp³-hybridized carbons (Fsp3) is 0.0714. The molecule has 17 heavy (non-hydrogen) atoms. The van der Waals surface area contributed by atoms with Crippen molar-refractivity contribution in [3.8, 4) is 5.75 Å². The van der Waals surface area contributed by atoms with Crippen LogP contribution >= 0.6 is 0 Å². The SMILES string of the molecule is Cc1cccc(NC(=O)Oc2ccccc2)c1. The summed E-state index contributed by atoms with van der Waals surface area (Å²) >= 11 is 0. The van der Waals surface area contributed by atoms with Crippen molar-refractivity contribution >= 4 is 11.8 Å². The first-order chi connectivity index (χ1) is 8.24. The number of amides is 1. The number of hydrogen-bond acceptors (Lipinski definition) is 2. The molecule has 0 saturated carbocycles. The van der Waals surface area contributed by atoms with Gasteiger partial charge in [-0.05, 0) is 36.8 Å². The fourth-order valence-corrected chi connectivity index (χ4v) is 1.46. The highest BCUT2D eigenvalue weighted by Gasteiger charge is 2.04. The Bertz CT molecular complexity index is 509. The van der Waals surface area contributed by atoms with Crippen molar-refractivity contribution < 1.29 is 9.53 Å². The predicted octanol–water partition coefficient (Wildman–Crippen LogP) is 3.61. The van der Waals surface area contributed by atoms with Gasteiger partial charge in [0.15, 0.2) is 0 Å². The van der Waals surface area contributed by atoms with Crippen molar-refractivity contribution in [1.82, 2.24) is 0 Å². The number of rotatable bonds is 2. The second kappa shape index (κ2) is 5.16. The van der Waals surface area contributed by atoms with E-state index < -0.39 is 6.09 Å². The van der Waals surface area contributed by atoms with Crippen molar-refractivity contribution in [2.75, 3.05) is 5.32 Å². The van der Waals surface area contributed by atoms with E-state index in [1.807, 2.05) is 49.4 Å². The lowest BCUT2D eigenvalue weighted by Gasteiger charge is -2.06. The molecular formula is C14H13NO2. The summed E-state index contributed by atoms with van der Waals surface area (Å²) in [5.74, 6) is 0.526. The predicted molar refractivity (Wildman–Crippen MR) is 67.3 cm³/mol. The second-order valence-electron chi connectivity index (χ2n) is 3.70. The van der Waals surface area contributed by atoms with Crippen molar-refractivity contribution in [3.05, 3.63) is 60.2 Å². The standard InChI is InChI=1S/C14H13NO2/c1-11-6-5-7-12(10-11)15-14(16)17-13-8-3-2-4-9-13/h2-10H,1H3,(H,15,16). The van der Waals surface area contributed by atoms with E-state index in [4.69, 9.17) is 4.74 Å². The minimum atomic E-state index is -0.484. The molecule has 0 radical (unpaired) electrons. The number of carbonyl (C=O) groups excluding carboxylic acids is 1. The van der Waals surface area contributed by atoms with Crippen LogP contribution in [0.4, 0.5) is 10.5 Å². The maximum Gasteiger partial charge on any atom is 0.417 e. The maximum atomic E-state index is 11.6. The third-order valence-electron chi connectivity index (χ3n) is 2.22. The van der Waals surface area contributed by atoms with Gasteiger partial charge in [0, 0.05) is 5.69 Å². The molecule has 0 fully saturated rings. The van der Waals surface area contributed by atoms with Crippen LogP contribution in [0.2, 0.25) is 0 Å². The minimum absolute atomic E-state index is 0.484. The topological polar surface area (TPSA) is 38.3 Å². The molecule has 2 rings (SSSR count). The average Bonchev–Trinajstić information content (AvgIpc) is 2.30. The quantitative estimate of drug-likeness (QED) is 0.851. The first-order valence-electron chi connectivity index (χ1n) is 5.34. The van der Waals surface area contributed by atoms with Crippen molar-refractivity contribution in [2.45, 2.75) is 6.92 Å². The average molecular weight is 227 g/mol. The lowest BCUT2D eigenvalue weighted by Crippen LogP contribution is -2.16. The number of benzene rings is 2. The summed E-state index contributed by atoms with van der Waals surface area (Å²) in [6.45, 7) is 1.97. The van der Waals surface area contributed by atoms with Gasteiger partial charge >= 0.3 is 6.09 Å². The van der Waals surface area contributed by atoms with Crippen LogP contribution in [0.15, 0.2) is 54.6 Å². The molecule has 1 amide bonds. The zero-order valence-electron chi connectivity index (χ0n) is 9.51. The molecule has 2 aromatic carbocycles. The van der Waals surface area contributed by atoms with Crippen LogP contribution in [-0.4, -0.2) is 6.09 Å². The third-order valence-corrected chi connectivity index (χ3v) is 2.22. The highest BCUT2D eigenvalue weighted by atomic mass is 16.6.